The Hall–Kier alpha value is -2.09. The topological polar surface area (TPSA) is 61.8 Å². The molecule has 0 spiro atoms. The molecule has 23 heavy (non-hydrogen) atoms. The number of carbonyl (C=O) groups excluding carboxylic acids is 2. The van der Waals surface area contributed by atoms with Gasteiger partial charge in [0.05, 0.1) is 5.56 Å². The summed E-state index contributed by atoms with van der Waals surface area (Å²) in [5.41, 5.74) is 0.844. The number of carbonyl (C=O) groups is 2. The molecule has 0 saturated carbocycles. The molecule has 1 aliphatic heterocycles. The smallest absolute Gasteiger partial charge is 0.338 e. The van der Waals surface area contributed by atoms with Gasteiger partial charge in [-0.15, -0.1) is 0 Å². The zero-order valence-electron chi connectivity index (χ0n) is 12.1. The van der Waals surface area contributed by atoms with Crippen molar-refractivity contribution in [1.29, 1.82) is 0 Å². The fraction of sp³-hybridized carbons (Fsp3) is 0.176. The van der Waals surface area contributed by atoms with Crippen LogP contribution in [-0.2, 0) is 4.74 Å². The largest absolute Gasteiger partial charge is 0.486 e. The Labute approximate surface area is 146 Å². The SMILES string of the molecule is O=C(COC(=O)c1ccc2c(c1)OCCO2)c1cccc(I)c1. The molecule has 0 saturated heterocycles. The number of hydrogen-bond acceptors (Lipinski definition) is 5. The number of fused-ring (bicyclic) bond motifs is 1. The Bertz CT molecular complexity index is 756. The van der Waals surface area contributed by atoms with Crippen LogP contribution >= 0.6 is 22.6 Å². The van der Waals surface area contributed by atoms with Crippen LogP contribution in [0.4, 0.5) is 0 Å². The Morgan fingerprint density at radius 2 is 1.78 bits per heavy atom. The van der Waals surface area contributed by atoms with Crippen LogP contribution in [0.2, 0.25) is 0 Å². The fourth-order valence-corrected chi connectivity index (χ4v) is 2.67. The summed E-state index contributed by atoms with van der Waals surface area (Å²) in [6.45, 7) is 0.630. The Kier molecular flexibility index (Phi) is 4.80. The van der Waals surface area contributed by atoms with Gasteiger partial charge in [0, 0.05) is 9.13 Å². The Morgan fingerprint density at radius 1 is 1.00 bits per heavy atom. The first-order valence-electron chi connectivity index (χ1n) is 6.99. The molecule has 5 nitrogen and oxygen atoms in total. The van der Waals surface area contributed by atoms with Gasteiger partial charge in [-0.2, -0.15) is 0 Å². The number of benzene rings is 2. The molecule has 118 valence electrons. The number of halogens is 1. The molecule has 1 aliphatic rings. The first-order valence-corrected chi connectivity index (χ1v) is 8.07. The van der Waals surface area contributed by atoms with Crippen LogP contribution in [0.25, 0.3) is 0 Å². The van der Waals surface area contributed by atoms with Crippen LogP contribution in [0, 0.1) is 3.57 Å². The van der Waals surface area contributed by atoms with Crippen molar-refractivity contribution in [3.63, 3.8) is 0 Å². The maximum absolute atomic E-state index is 12.1. The van der Waals surface area contributed by atoms with Crippen molar-refractivity contribution in [2.75, 3.05) is 19.8 Å². The summed E-state index contributed by atoms with van der Waals surface area (Å²) in [4.78, 5) is 24.1. The summed E-state index contributed by atoms with van der Waals surface area (Å²) in [5, 5.41) is 0. The van der Waals surface area contributed by atoms with Crippen LogP contribution < -0.4 is 9.47 Å². The van der Waals surface area contributed by atoms with E-state index in [1.54, 1.807) is 36.4 Å². The highest BCUT2D eigenvalue weighted by Gasteiger charge is 2.17. The van der Waals surface area contributed by atoms with Gasteiger partial charge in [0.2, 0.25) is 0 Å². The molecule has 6 heteroatoms. The molecule has 2 aromatic carbocycles. The second-order valence-corrected chi connectivity index (χ2v) is 6.11. The maximum atomic E-state index is 12.1. The van der Waals surface area contributed by atoms with E-state index in [0.717, 1.165) is 3.57 Å². The van der Waals surface area contributed by atoms with E-state index < -0.39 is 5.97 Å². The predicted octanol–water partition coefficient (Wildman–Crippen LogP) is 3.10. The summed E-state index contributed by atoms with van der Waals surface area (Å²) in [6, 6.07) is 11.9. The van der Waals surface area contributed by atoms with Crippen LogP contribution in [0.1, 0.15) is 20.7 Å². The number of ether oxygens (including phenoxy) is 3. The van der Waals surface area contributed by atoms with E-state index in [2.05, 4.69) is 22.6 Å². The molecule has 0 atom stereocenters. The van der Waals surface area contributed by atoms with Crippen LogP contribution in [0.5, 0.6) is 11.5 Å². The average Bonchev–Trinajstić information content (AvgIpc) is 2.59. The molecule has 0 bridgehead atoms. The van der Waals surface area contributed by atoms with Gasteiger partial charge < -0.3 is 14.2 Å². The predicted molar refractivity (Wildman–Crippen MR) is 91.2 cm³/mol. The number of Topliss-reactive ketones (excluding diaryl/α,β-unsaturated/α-hetero) is 1. The van der Waals surface area contributed by atoms with Gasteiger partial charge in [-0.25, -0.2) is 4.79 Å². The molecule has 1 heterocycles. The lowest BCUT2D eigenvalue weighted by molar-refractivity contribution is 0.0474. The van der Waals surface area contributed by atoms with Gasteiger partial charge in [0.25, 0.3) is 0 Å². The Morgan fingerprint density at radius 3 is 2.57 bits per heavy atom. The number of esters is 1. The average molecular weight is 424 g/mol. The molecule has 0 amide bonds. The zero-order valence-corrected chi connectivity index (χ0v) is 14.2. The van der Waals surface area contributed by atoms with E-state index in [-0.39, 0.29) is 12.4 Å². The third-order valence-corrected chi connectivity index (χ3v) is 3.93. The minimum Gasteiger partial charge on any atom is -0.486 e. The van der Waals surface area contributed by atoms with Crippen LogP contribution in [0.15, 0.2) is 42.5 Å². The summed E-state index contributed by atoms with van der Waals surface area (Å²) < 4.78 is 16.9. The lowest BCUT2D eigenvalue weighted by atomic mass is 10.1. The zero-order chi connectivity index (χ0) is 16.2. The molecule has 0 aromatic heterocycles. The fourth-order valence-electron chi connectivity index (χ4n) is 2.13. The van der Waals surface area contributed by atoms with E-state index in [9.17, 15) is 9.59 Å². The first-order chi connectivity index (χ1) is 11.1. The van der Waals surface area contributed by atoms with Gasteiger partial charge in [-0.1, -0.05) is 12.1 Å². The van der Waals surface area contributed by atoms with E-state index in [1.807, 2.05) is 6.07 Å². The lowest BCUT2D eigenvalue weighted by Gasteiger charge is -2.18. The molecule has 0 N–H and O–H groups in total. The lowest BCUT2D eigenvalue weighted by Crippen LogP contribution is -2.17. The van der Waals surface area contributed by atoms with Crippen molar-refractivity contribution >= 4 is 34.3 Å². The normalized spacial score (nSPS) is 12.6. The van der Waals surface area contributed by atoms with Crippen LogP contribution in [-0.4, -0.2) is 31.6 Å². The second-order valence-electron chi connectivity index (χ2n) is 4.87. The van der Waals surface area contributed by atoms with Gasteiger partial charge in [0.15, 0.2) is 23.9 Å². The van der Waals surface area contributed by atoms with Crippen molar-refractivity contribution in [2.24, 2.45) is 0 Å². The van der Waals surface area contributed by atoms with Gasteiger partial charge in [0.1, 0.15) is 13.2 Å². The molecule has 0 radical (unpaired) electrons. The molecular formula is C17H13IO5. The molecular weight excluding hydrogens is 411 g/mol. The quantitative estimate of drug-likeness (QED) is 0.429. The molecule has 3 rings (SSSR count). The number of rotatable bonds is 4. The van der Waals surface area contributed by atoms with Crippen molar-refractivity contribution in [1.82, 2.24) is 0 Å². The Balaban J connectivity index is 1.64. The summed E-state index contributed by atoms with van der Waals surface area (Å²) in [7, 11) is 0. The van der Waals surface area contributed by atoms with Gasteiger partial charge in [-0.05, 0) is 52.9 Å². The molecule has 2 aromatic rings. The van der Waals surface area contributed by atoms with Crippen molar-refractivity contribution in [3.8, 4) is 11.5 Å². The molecule has 0 fully saturated rings. The summed E-state index contributed by atoms with van der Waals surface area (Å²) in [6.07, 6.45) is 0. The van der Waals surface area contributed by atoms with Crippen molar-refractivity contribution < 1.29 is 23.8 Å². The van der Waals surface area contributed by atoms with Gasteiger partial charge >= 0.3 is 5.97 Å². The summed E-state index contributed by atoms with van der Waals surface area (Å²) in [5.74, 6) is 0.299. The highest BCUT2D eigenvalue weighted by Crippen LogP contribution is 2.30. The highest BCUT2D eigenvalue weighted by molar-refractivity contribution is 14.1. The van der Waals surface area contributed by atoms with Crippen LogP contribution in [0.3, 0.4) is 0 Å². The van der Waals surface area contributed by atoms with Gasteiger partial charge in [-0.3, -0.25) is 4.79 Å². The van der Waals surface area contributed by atoms with Crippen molar-refractivity contribution in [3.05, 3.63) is 57.2 Å². The monoisotopic (exact) mass is 424 g/mol. The minimum atomic E-state index is -0.569. The van der Waals surface area contributed by atoms with E-state index >= 15 is 0 Å². The van der Waals surface area contributed by atoms with Crippen molar-refractivity contribution in [2.45, 2.75) is 0 Å². The third-order valence-electron chi connectivity index (χ3n) is 3.26. The van der Waals surface area contributed by atoms with E-state index in [0.29, 0.717) is 35.8 Å². The number of hydrogen-bond donors (Lipinski definition) is 0. The molecule has 0 aliphatic carbocycles. The first kappa shape index (κ1) is 15.8. The minimum absolute atomic E-state index is 0.241. The summed E-state index contributed by atoms with van der Waals surface area (Å²) >= 11 is 2.12. The van der Waals surface area contributed by atoms with E-state index in [1.165, 1.54) is 0 Å². The standard InChI is InChI=1S/C17H13IO5/c18-13-3-1-2-11(8-13)14(19)10-23-17(20)12-4-5-15-16(9-12)22-7-6-21-15/h1-5,8-9H,6-7,10H2. The number of ketones is 1. The highest BCUT2D eigenvalue weighted by atomic mass is 127. The molecule has 0 unspecified atom stereocenters. The third kappa shape index (κ3) is 3.82. The maximum Gasteiger partial charge on any atom is 0.338 e. The second kappa shape index (κ2) is 6.99. The van der Waals surface area contributed by atoms with E-state index in [4.69, 9.17) is 14.2 Å².